The van der Waals surface area contributed by atoms with E-state index in [1.54, 1.807) is 11.4 Å². The number of furan rings is 1. The lowest BCUT2D eigenvalue weighted by Crippen LogP contribution is -2.01. The number of hydrogen-bond acceptors (Lipinski definition) is 3. The molecule has 15 heavy (non-hydrogen) atoms. The lowest BCUT2D eigenvalue weighted by Gasteiger charge is -1.94. The van der Waals surface area contributed by atoms with Gasteiger partial charge in [0.2, 0.25) is 0 Å². The zero-order valence-corrected chi connectivity index (χ0v) is 9.90. The third-order valence-electron chi connectivity index (χ3n) is 1.86. The summed E-state index contributed by atoms with van der Waals surface area (Å²) in [5.74, 6) is -0.677. The van der Waals surface area contributed by atoms with Crippen molar-refractivity contribution in [3.05, 3.63) is 44.7 Å². The number of rotatable bonds is 3. The van der Waals surface area contributed by atoms with Crippen LogP contribution in [0.1, 0.15) is 15.2 Å². The van der Waals surface area contributed by atoms with Crippen LogP contribution >= 0.6 is 27.3 Å². The van der Waals surface area contributed by atoms with E-state index < -0.39 is 5.82 Å². The van der Waals surface area contributed by atoms with Crippen molar-refractivity contribution in [2.45, 2.75) is 6.42 Å². The van der Waals surface area contributed by atoms with Gasteiger partial charge in [0, 0.05) is 6.42 Å². The van der Waals surface area contributed by atoms with Gasteiger partial charge in [0.05, 0.1) is 6.26 Å². The molecule has 2 nitrogen and oxygen atoms in total. The second kappa shape index (κ2) is 4.28. The second-order valence-electron chi connectivity index (χ2n) is 2.96. The number of hydrogen-bond donors (Lipinski definition) is 0. The van der Waals surface area contributed by atoms with Crippen LogP contribution < -0.4 is 0 Å². The highest BCUT2D eigenvalue weighted by Gasteiger charge is 2.14. The fourth-order valence-electron chi connectivity index (χ4n) is 1.20. The Labute approximate surface area is 97.8 Å². The minimum absolute atomic E-state index is 0.159. The van der Waals surface area contributed by atoms with Crippen molar-refractivity contribution in [1.82, 2.24) is 0 Å². The zero-order valence-electron chi connectivity index (χ0n) is 7.50. The Morgan fingerprint density at radius 2 is 2.40 bits per heavy atom. The van der Waals surface area contributed by atoms with Crippen molar-refractivity contribution in [2.75, 3.05) is 0 Å². The van der Waals surface area contributed by atoms with Crippen LogP contribution in [0.25, 0.3) is 0 Å². The first kappa shape index (κ1) is 10.6. The molecule has 0 atom stereocenters. The molecule has 0 saturated carbocycles. The molecule has 0 unspecified atom stereocenters. The van der Waals surface area contributed by atoms with Gasteiger partial charge in [-0.3, -0.25) is 4.79 Å². The van der Waals surface area contributed by atoms with E-state index in [1.165, 1.54) is 12.3 Å². The number of thiophene rings is 1. The predicted molar refractivity (Wildman–Crippen MR) is 58.7 cm³/mol. The van der Waals surface area contributed by atoms with E-state index in [4.69, 9.17) is 4.42 Å². The Kier molecular flexibility index (Phi) is 3.02. The van der Waals surface area contributed by atoms with Crippen molar-refractivity contribution < 1.29 is 13.6 Å². The molecule has 0 aromatic carbocycles. The zero-order chi connectivity index (χ0) is 10.8. The average molecular weight is 289 g/mol. The molecule has 0 amide bonds. The highest BCUT2D eigenvalue weighted by atomic mass is 79.9. The van der Waals surface area contributed by atoms with Gasteiger partial charge >= 0.3 is 0 Å². The Balaban J connectivity index is 2.14. The first-order valence-corrected chi connectivity index (χ1v) is 5.83. The molecule has 0 aliphatic carbocycles. The van der Waals surface area contributed by atoms with E-state index in [0.29, 0.717) is 4.67 Å². The molecule has 78 valence electrons. The summed E-state index contributed by atoms with van der Waals surface area (Å²) >= 11 is 4.25. The molecule has 2 rings (SSSR count). The minimum Gasteiger partial charge on any atom is -0.457 e. The molecule has 2 aromatic heterocycles. The average Bonchev–Trinajstić information content (AvgIpc) is 2.75. The van der Waals surface area contributed by atoms with Gasteiger partial charge in [0.15, 0.2) is 10.5 Å². The van der Waals surface area contributed by atoms with Gasteiger partial charge in [-0.1, -0.05) is 0 Å². The molecule has 5 heteroatoms. The SMILES string of the molecule is O=C(Cc1coc(Br)c1)c1sccc1F. The maximum atomic E-state index is 13.1. The molecular weight excluding hydrogens is 283 g/mol. The van der Waals surface area contributed by atoms with Crippen molar-refractivity contribution in [1.29, 1.82) is 0 Å². The van der Waals surface area contributed by atoms with Gasteiger partial charge in [-0.2, -0.15) is 0 Å². The summed E-state index contributed by atoms with van der Waals surface area (Å²) in [7, 11) is 0. The summed E-state index contributed by atoms with van der Waals surface area (Å²) in [5.41, 5.74) is 0.736. The van der Waals surface area contributed by atoms with Crippen LogP contribution in [-0.2, 0) is 6.42 Å². The molecule has 2 heterocycles. The van der Waals surface area contributed by atoms with Crippen molar-refractivity contribution in [3.8, 4) is 0 Å². The molecule has 0 aliphatic rings. The molecule has 0 fully saturated rings. The van der Waals surface area contributed by atoms with E-state index in [0.717, 1.165) is 16.9 Å². The van der Waals surface area contributed by atoms with Gasteiger partial charge in [0.25, 0.3) is 0 Å². The van der Waals surface area contributed by atoms with Crippen LogP contribution in [-0.4, -0.2) is 5.78 Å². The van der Waals surface area contributed by atoms with Crippen molar-refractivity contribution >= 4 is 33.0 Å². The summed E-state index contributed by atoms with van der Waals surface area (Å²) in [6, 6.07) is 2.99. The van der Waals surface area contributed by atoms with Gasteiger partial charge in [-0.25, -0.2) is 4.39 Å². The summed E-state index contributed by atoms with van der Waals surface area (Å²) in [4.78, 5) is 11.8. The Bertz CT molecular complexity index is 489. The number of carbonyl (C=O) groups is 1. The fourth-order valence-corrected chi connectivity index (χ4v) is 2.29. The topological polar surface area (TPSA) is 30.2 Å². The third-order valence-corrected chi connectivity index (χ3v) is 3.20. The van der Waals surface area contributed by atoms with Crippen LogP contribution in [0.5, 0.6) is 0 Å². The largest absolute Gasteiger partial charge is 0.457 e. The van der Waals surface area contributed by atoms with Gasteiger partial charge in [-0.15, -0.1) is 11.3 Å². The van der Waals surface area contributed by atoms with Crippen LogP contribution in [0.15, 0.2) is 32.9 Å². The maximum Gasteiger partial charge on any atom is 0.180 e. The van der Waals surface area contributed by atoms with Gasteiger partial charge < -0.3 is 4.42 Å². The van der Waals surface area contributed by atoms with Crippen LogP contribution in [0.4, 0.5) is 4.39 Å². The van der Waals surface area contributed by atoms with Gasteiger partial charge in [-0.05, 0) is 39.0 Å². The monoisotopic (exact) mass is 288 g/mol. The Morgan fingerprint density at radius 3 is 2.93 bits per heavy atom. The van der Waals surface area contributed by atoms with E-state index in [2.05, 4.69) is 15.9 Å². The number of halogens is 2. The smallest absolute Gasteiger partial charge is 0.180 e. The van der Waals surface area contributed by atoms with E-state index in [1.807, 2.05) is 0 Å². The van der Waals surface area contributed by atoms with Crippen LogP contribution in [0, 0.1) is 5.82 Å². The van der Waals surface area contributed by atoms with E-state index in [-0.39, 0.29) is 17.1 Å². The first-order chi connectivity index (χ1) is 7.16. The number of carbonyl (C=O) groups excluding carboxylic acids is 1. The van der Waals surface area contributed by atoms with Crippen LogP contribution in [0.3, 0.4) is 0 Å². The van der Waals surface area contributed by atoms with E-state index in [9.17, 15) is 9.18 Å². The van der Waals surface area contributed by atoms with Crippen molar-refractivity contribution in [2.24, 2.45) is 0 Å². The number of Topliss-reactive ketones (excluding diaryl/α,β-unsaturated/α-hetero) is 1. The second-order valence-corrected chi connectivity index (χ2v) is 4.65. The molecule has 2 aromatic rings. The van der Waals surface area contributed by atoms with Crippen LogP contribution in [0.2, 0.25) is 0 Å². The standard InChI is InChI=1S/C10H6BrFO2S/c11-9-4-6(5-14-9)3-8(13)10-7(12)1-2-15-10/h1-2,4-5H,3H2. The van der Waals surface area contributed by atoms with Gasteiger partial charge in [0.1, 0.15) is 10.7 Å². The predicted octanol–water partition coefficient (Wildman–Crippen LogP) is 3.67. The lowest BCUT2D eigenvalue weighted by atomic mass is 10.1. The van der Waals surface area contributed by atoms with E-state index >= 15 is 0 Å². The highest BCUT2D eigenvalue weighted by Crippen LogP contribution is 2.20. The maximum absolute atomic E-state index is 13.1. The Hall–Kier alpha value is -0.940. The molecule has 0 N–H and O–H groups in total. The Morgan fingerprint density at radius 1 is 1.60 bits per heavy atom. The number of ketones is 1. The summed E-state index contributed by atoms with van der Waals surface area (Å²) in [6.07, 6.45) is 1.64. The minimum atomic E-state index is -0.451. The highest BCUT2D eigenvalue weighted by molar-refractivity contribution is 9.10. The molecular formula is C10H6BrFO2S. The lowest BCUT2D eigenvalue weighted by molar-refractivity contribution is 0.0993. The normalized spacial score (nSPS) is 10.5. The summed E-state index contributed by atoms with van der Waals surface area (Å²) < 4.78 is 18.6. The molecule has 0 saturated heterocycles. The van der Waals surface area contributed by atoms with Crippen molar-refractivity contribution in [3.63, 3.8) is 0 Å². The first-order valence-electron chi connectivity index (χ1n) is 4.16. The quantitative estimate of drug-likeness (QED) is 0.807. The molecule has 0 aliphatic heterocycles. The fraction of sp³-hybridized carbons (Fsp3) is 0.100. The third kappa shape index (κ3) is 2.35. The summed E-state index contributed by atoms with van der Waals surface area (Å²) in [5, 5.41) is 1.56. The summed E-state index contributed by atoms with van der Waals surface area (Å²) in [6.45, 7) is 0. The molecule has 0 radical (unpaired) electrons. The molecule has 0 spiro atoms. The molecule has 0 bridgehead atoms.